The minimum atomic E-state index is -0.368. The lowest BCUT2D eigenvalue weighted by Gasteiger charge is -2.51. The number of likely N-dealkylation sites (tertiary alicyclic amines) is 1. The zero-order valence-corrected chi connectivity index (χ0v) is 17.2. The summed E-state index contributed by atoms with van der Waals surface area (Å²) in [5.74, 6) is 0.966. The van der Waals surface area contributed by atoms with E-state index in [9.17, 15) is 0 Å². The smallest absolute Gasteiger partial charge is 0.200 e. The van der Waals surface area contributed by atoms with E-state index in [-0.39, 0.29) is 11.8 Å². The van der Waals surface area contributed by atoms with Crippen molar-refractivity contribution in [1.29, 1.82) is 0 Å². The van der Waals surface area contributed by atoms with E-state index in [1.165, 1.54) is 5.56 Å². The molecule has 2 aromatic carbocycles. The molecule has 0 N–H and O–H groups in total. The third-order valence-electron chi connectivity index (χ3n) is 6.38. The van der Waals surface area contributed by atoms with E-state index in [4.69, 9.17) is 21.4 Å². The van der Waals surface area contributed by atoms with Gasteiger partial charge in [0.25, 0.3) is 0 Å². The van der Waals surface area contributed by atoms with Crippen LogP contribution in [0.15, 0.2) is 53.6 Å². The number of ether oxygens (including phenoxy) is 1. The fourth-order valence-electron chi connectivity index (χ4n) is 4.78. The van der Waals surface area contributed by atoms with Gasteiger partial charge in [-0.3, -0.25) is 0 Å². The number of hydrogen-bond donors (Lipinski definition) is 0. The number of benzene rings is 2. The first-order valence-electron chi connectivity index (χ1n) is 10.2. The highest BCUT2D eigenvalue weighted by molar-refractivity contribution is 6.30. The number of nitrogens with zero attached hydrogens (tertiary/aromatic N) is 3. The third-order valence-corrected chi connectivity index (χ3v) is 6.61. The Bertz CT molecular complexity index is 903. The van der Waals surface area contributed by atoms with Crippen molar-refractivity contribution < 1.29 is 4.74 Å². The van der Waals surface area contributed by atoms with E-state index in [2.05, 4.69) is 48.0 Å². The van der Waals surface area contributed by atoms with Gasteiger partial charge in [0.15, 0.2) is 0 Å². The van der Waals surface area contributed by atoms with E-state index in [1.54, 1.807) is 0 Å². The van der Waals surface area contributed by atoms with Gasteiger partial charge in [0.1, 0.15) is 5.75 Å². The maximum Gasteiger partial charge on any atom is 0.200 e. The second kappa shape index (κ2) is 6.78. The molecule has 3 aliphatic rings. The first-order chi connectivity index (χ1) is 13.6. The Labute approximate surface area is 171 Å². The first-order valence-corrected chi connectivity index (χ1v) is 10.6. The van der Waals surface area contributed by atoms with Crippen LogP contribution in [-0.4, -0.2) is 40.5 Å². The molecule has 3 heterocycles. The van der Waals surface area contributed by atoms with Crippen LogP contribution in [0, 0.1) is 0 Å². The maximum atomic E-state index is 6.68. The molecule has 0 amide bonds. The minimum absolute atomic E-state index is 0.184. The molecule has 1 unspecified atom stereocenters. The Morgan fingerprint density at radius 2 is 1.86 bits per heavy atom. The number of hydrazone groups is 1. The van der Waals surface area contributed by atoms with Gasteiger partial charge in [0.05, 0.1) is 11.8 Å². The highest BCUT2D eigenvalue weighted by Crippen LogP contribution is 2.50. The van der Waals surface area contributed by atoms with E-state index in [0.29, 0.717) is 6.04 Å². The van der Waals surface area contributed by atoms with Gasteiger partial charge in [-0.15, -0.1) is 0 Å². The predicted octanol–water partition coefficient (Wildman–Crippen LogP) is 5.08. The SMILES string of the molecule is CC(C)N1CCC2(CC1)Oc1ccc(Cl)cc1C1CC(c3ccccc3)=NN12. The molecular formula is C23H26ClN3O. The Morgan fingerprint density at radius 1 is 1.11 bits per heavy atom. The van der Waals surface area contributed by atoms with E-state index in [0.717, 1.165) is 54.4 Å². The molecule has 4 nitrogen and oxygen atoms in total. The summed E-state index contributed by atoms with van der Waals surface area (Å²) in [6, 6.07) is 17.2. The van der Waals surface area contributed by atoms with Crippen molar-refractivity contribution in [3.05, 3.63) is 64.7 Å². The molecule has 0 saturated carbocycles. The van der Waals surface area contributed by atoms with Crippen LogP contribution in [0.25, 0.3) is 0 Å². The zero-order valence-electron chi connectivity index (χ0n) is 16.4. The van der Waals surface area contributed by atoms with E-state index < -0.39 is 0 Å². The lowest BCUT2D eigenvalue weighted by Crippen LogP contribution is -2.59. The molecule has 2 aromatic rings. The van der Waals surface area contributed by atoms with Crippen LogP contribution in [0.3, 0.4) is 0 Å². The summed E-state index contributed by atoms with van der Waals surface area (Å²) in [7, 11) is 0. The molecule has 5 rings (SSSR count). The van der Waals surface area contributed by atoms with Crippen LogP contribution in [0.1, 0.15) is 50.3 Å². The van der Waals surface area contributed by atoms with Crippen LogP contribution in [0.4, 0.5) is 0 Å². The zero-order chi connectivity index (χ0) is 19.3. The third kappa shape index (κ3) is 2.90. The van der Waals surface area contributed by atoms with Crippen molar-refractivity contribution in [1.82, 2.24) is 9.91 Å². The van der Waals surface area contributed by atoms with Crippen molar-refractivity contribution in [3.8, 4) is 5.75 Å². The Hall–Kier alpha value is -2.04. The molecule has 1 spiro atoms. The summed E-state index contributed by atoms with van der Waals surface area (Å²) < 4.78 is 6.68. The second-order valence-electron chi connectivity index (χ2n) is 8.34. The average molecular weight is 396 g/mol. The van der Waals surface area contributed by atoms with Crippen molar-refractivity contribution in [2.45, 2.75) is 50.9 Å². The molecule has 146 valence electrons. The average Bonchev–Trinajstić information content (AvgIpc) is 3.17. The van der Waals surface area contributed by atoms with Crippen LogP contribution in [0.5, 0.6) is 5.75 Å². The molecule has 3 aliphatic heterocycles. The number of rotatable bonds is 2. The van der Waals surface area contributed by atoms with Gasteiger partial charge in [-0.05, 0) is 37.6 Å². The van der Waals surface area contributed by atoms with Gasteiger partial charge in [-0.1, -0.05) is 41.9 Å². The summed E-state index contributed by atoms with van der Waals surface area (Å²) in [4.78, 5) is 2.53. The fraction of sp³-hybridized carbons (Fsp3) is 0.435. The summed E-state index contributed by atoms with van der Waals surface area (Å²) in [5, 5.41) is 8.13. The van der Waals surface area contributed by atoms with Crippen LogP contribution in [0.2, 0.25) is 5.02 Å². The van der Waals surface area contributed by atoms with Crippen molar-refractivity contribution in [2.24, 2.45) is 5.10 Å². The van der Waals surface area contributed by atoms with Crippen LogP contribution in [-0.2, 0) is 0 Å². The molecule has 1 atom stereocenters. The molecule has 1 fully saturated rings. The number of hydrogen-bond acceptors (Lipinski definition) is 4. The van der Waals surface area contributed by atoms with Gasteiger partial charge in [0, 0.05) is 49.0 Å². The van der Waals surface area contributed by atoms with Crippen molar-refractivity contribution in [2.75, 3.05) is 13.1 Å². The fourth-order valence-corrected chi connectivity index (χ4v) is 4.96. The number of fused-ring (bicyclic) bond motifs is 4. The molecule has 28 heavy (non-hydrogen) atoms. The van der Waals surface area contributed by atoms with Gasteiger partial charge in [-0.25, -0.2) is 5.01 Å². The van der Waals surface area contributed by atoms with E-state index in [1.807, 2.05) is 24.3 Å². The van der Waals surface area contributed by atoms with Crippen molar-refractivity contribution in [3.63, 3.8) is 0 Å². The van der Waals surface area contributed by atoms with Gasteiger partial charge in [0.2, 0.25) is 5.72 Å². The maximum absolute atomic E-state index is 6.68. The summed E-state index contributed by atoms with van der Waals surface area (Å²) in [6.45, 7) is 6.59. The molecule has 0 aliphatic carbocycles. The topological polar surface area (TPSA) is 28.1 Å². The number of piperidine rings is 1. The number of halogens is 1. The standard InChI is InChI=1S/C23H26ClN3O/c1-16(2)26-12-10-23(11-13-26)27-21(19-14-18(24)8-9-22(19)28-23)15-20(25-27)17-6-4-3-5-7-17/h3-9,14,16,21H,10-13,15H2,1-2H3. The lowest BCUT2D eigenvalue weighted by atomic mass is 9.90. The normalized spacial score (nSPS) is 23.4. The van der Waals surface area contributed by atoms with Crippen molar-refractivity contribution >= 4 is 17.3 Å². The highest BCUT2D eigenvalue weighted by atomic mass is 35.5. The summed E-state index contributed by atoms with van der Waals surface area (Å²) in [6.07, 6.45) is 2.79. The molecule has 0 aromatic heterocycles. The molecule has 1 saturated heterocycles. The summed E-state index contributed by atoms with van der Waals surface area (Å²) >= 11 is 6.33. The van der Waals surface area contributed by atoms with Gasteiger partial charge >= 0.3 is 0 Å². The largest absolute Gasteiger partial charge is 0.466 e. The van der Waals surface area contributed by atoms with Crippen LogP contribution >= 0.6 is 11.6 Å². The minimum Gasteiger partial charge on any atom is -0.466 e. The molecular weight excluding hydrogens is 370 g/mol. The quantitative estimate of drug-likeness (QED) is 0.709. The Kier molecular flexibility index (Phi) is 4.37. The summed E-state index contributed by atoms with van der Waals surface area (Å²) in [5.41, 5.74) is 3.11. The second-order valence-corrected chi connectivity index (χ2v) is 8.77. The molecule has 0 bridgehead atoms. The monoisotopic (exact) mass is 395 g/mol. The van der Waals surface area contributed by atoms with Gasteiger partial charge < -0.3 is 9.64 Å². The molecule has 5 heteroatoms. The first kappa shape index (κ1) is 18.0. The molecule has 0 radical (unpaired) electrons. The van der Waals surface area contributed by atoms with Crippen LogP contribution < -0.4 is 4.74 Å². The lowest BCUT2D eigenvalue weighted by molar-refractivity contribution is -0.152. The highest BCUT2D eigenvalue weighted by Gasteiger charge is 2.52. The van der Waals surface area contributed by atoms with E-state index >= 15 is 0 Å². The Morgan fingerprint density at radius 3 is 2.57 bits per heavy atom. The van der Waals surface area contributed by atoms with Gasteiger partial charge in [-0.2, -0.15) is 5.10 Å². The predicted molar refractivity (Wildman–Crippen MR) is 113 cm³/mol. The Balaban J connectivity index is 1.55.